The molecule has 2 aromatic rings. The first kappa shape index (κ1) is 24.4. The van der Waals surface area contributed by atoms with Gasteiger partial charge in [-0.2, -0.15) is 0 Å². The molecule has 7 nitrogen and oxygen atoms in total. The Morgan fingerprint density at radius 3 is 2.62 bits per heavy atom. The summed E-state index contributed by atoms with van der Waals surface area (Å²) in [5.74, 6) is 0.179. The Balaban J connectivity index is 1.77. The highest BCUT2D eigenvalue weighted by atomic mass is 127. The first-order chi connectivity index (χ1) is 15.3. The van der Waals surface area contributed by atoms with Crippen LogP contribution in [0.25, 0.3) is 6.08 Å². The molecule has 0 aromatic heterocycles. The first-order valence-electron chi connectivity index (χ1n) is 9.72. The number of anilines is 1. The summed E-state index contributed by atoms with van der Waals surface area (Å²) in [6, 6.07) is 10.2. The number of hydrogen-bond acceptors (Lipinski definition) is 6. The minimum absolute atomic E-state index is 0.230. The molecule has 0 radical (unpaired) electrons. The Bertz CT molecular complexity index is 1090. The number of amides is 3. The molecular weight excluding hydrogens is 567 g/mol. The van der Waals surface area contributed by atoms with Gasteiger partial charge in [0.05, 0.1) is 21.7 Å². The number of nitrogens with zero attached hydrogens (tertiary/aromatic N) is 1. The fourth-order valence-electron chi connectivity index (χ4n) is 2.92. The van der Waals surface area contributed by atoms with Gasteiger partial charge in [-0.15, -0.1) is 0 Å². The van der Waals surface area contributed by atoms with E-state index in [9.17, 15) is 14.4 Å². The fraction of sp³-hybridized carbons (Fsp3) is 0.227. The SMILES string of the molecule is CCOc1cc(/C=C2/SC(=O)N(CC(=O)Nc3cccc(Cl)c3)C2=O)cc(I)c1OCC. The van der Waals surface area contributed by atoms with E-state index in [1.807, 2.05) is 19.9 Å². The molecule has 1 aliphatic heterocycles. The lowest BCUT2D eigenvalue weighted by molar-refractivity contribution is -0.127. The topological polar surface area (TPSA) is 84.9 Å². The summed E-state index contributed by atoms with van der Waals surface area (Å²) in [7, 11) is 0. The number of ether oxygens (including phenoxy) is 2. The number of thioether (sulfide) groups is 1. The van der Waals surface area contributed by atoms with Gasteiger partial charge in [0.25, 0.3) is 11.1 Å². The molecule has 1 fully saturated rings. The average molecular weight is 587 g/mol. The van der Waals surface area contributed by atoms with Crippen molar-refractivity contribution in [1.82, 2.24) is 4.90 Å². The predicted octanol–water partition coefficient (Wildman–Crippen LogP) is 5.42. The highest BCUT2D eigenvalue weighted by Gasteiger charge is 2.36. The molecule has 10 heteroatoms. The molecule has 1 heterocycles. The van der Waals surface area contributed by atoms with Gasteiger partial charge in [0.15, 0.2) is 11.5 Å². The highest BCUT2D eigenvalue weighted by Crippen LogP contribution is 2.37. The van der Waals surface area contributed by atoms with Crippen molar-refractivity contribution in [3.63, 3.8) is 0 Å². The lowest BCUT2D eigenvalue weighted by atomic mass is 10.2. The molecule has 3 rings (SSSR count). The van der Waals surface area contributed by atoms with Gasteiger partial charge in [-0.1, -0.05) is 17.7 Å². The quantitative estimate of drug-likeness (QED) is 0.329. The maximum atomic E-state index is 12.8. The molecule has 168 valence electrons. The number of carbonyl (C=O) groups excluding carboxylic acids is 3. The number of carbonyl (C=O) groups is 3. The fourth-order valence-corrected chi connectivity index (χ4v) is 4.73. The highest BCUT2D eigenvalue weighted by molar-refractivity contribution is 14.1. The van der Waals surface area contributed by atoms with E-state index in [4.69, 9.17) is 21.1 Å². The van der Waals surface area contributed by atoms with Gasteiger partial charge in [0, 0.05) is 10.7 Å². The summed E-state index contributed by atoms with van der Waals surface area (Å²) in [6.07, 6.45) is 1.61. The van der Waals surface area contributed by atoms with Gasteiger partial charge in [-0.25, -0.2) is 0 Å². The van der Waals surface area contributed by atoms with E-state index in [2.05, 4.69) is 27.9 Å². The number of halogens is 2. The van der Waals surface area contributed by atoms with Gasteiger partial charge in [0.2, 0.25) is 5.91 Å². The van der Waals surface area contributed by atoms with Gasteiger partial charge in [0.1, 0.15) is 6.54 Å². The Kier molecular flexibility index (Phi) is 8.44. The summed E-state index contributed by atoms with van der Waals surface area (Å²) in [5, 5.41) is 2.59. The van der Waals surface area contributed by atoms with Crippen LogP contribution >= 0.6 is 46.0 Å². The zero-order valence-electron chi connectivity index (χ0n) is 17.3. The van der Waals surface area contributed by atoms with Crippen LogP contribution in [0.4, 0.5) is 10.5 Å². The Hall–Kier alpha value is -2.24. The maximum absolute atomic E-state index is 12.8. The molecule has 0 spiro atoms. The summed E-state index contributed by atoms with van der Waals surface area (Å²) < 4.78 is 12.2. The lowest BCUT2D eigenvalue weighted by Crippen LogP contribution is -2.36. The summed E-state index contributed by atoms with van der Waals surface area (Å²) >= 11 is 8.84. The van der Waals surface area contributed by atoms with E-state index < -0.39 is 17.1 Å². The predicted molar refractivity (Wildman–Crippen MR) is 134 cm³/mol. The third-order valence-electron chi connectivity index (χ3n) is 4.20. The van der Waals surface area contributed by atoms with Crippen LogP contribution < -0.4 is 14.8 Å². The minimum atomic E-state index is -0.525. The van der Waals surface area contributed by atoms with E-state index in [0.717, 1.165) is 20.2 Å². The van der Waals surface area contributed by atoms with Crippen molar-refractivity contribution in [3.8, 4) is 11.5 Å². The number of nitrogens with one attached hydrogen (secondary N) is 1. The van der Waals surface area contributed by atoms with Crippen molar-refractivity contribution in [3.05, 3.63) is 55.5 Å². The van der Waals surface area contributed by atoms with Gasteiger partial charge in [-0.05, 0) is 90.2 Å². The Morgan fingerprint density at radius 2 is 1.94 bits per heavy atom. The van der Waals surface area contributed by atoms with Crippen molar-refractivity contribution in [2.45, 2.75) is 13.8 Å². The van der Waals surface area contributed by atoms with Crippen molar-refractivity contribution >= 4 is 74.8 Å². The average Bonchev–Trinajstić information content (AvgIpc) is 2.98. The van der Waals surface area contributed by atoms with Gasteiger partial charge < -0.3 is 14.8 Å². The largest absolute Gasteiger partial charge is 0.490 e. The molecule has 0 aliphatic carbocycles. The molecule has 1 aliphatic rings. The van der Waals surface area contributed by atoms with E-state index in [1.165, 1.54) is 0 Å². The van der Waals surface area contributed by atoms with E-state index in [1.54, 1.807) is 36.4 Å². The molecule has 0 atom stereocenters. The maximum Gasteiger partial charge on any atom is 0.294 e. The van der Waals surface area contributed by atoms with E-state index >= 15 is 0 Å². The first-order valence-corrected chi connectivity index (χ1v) is 12.0. The number of imide groups is 1. The molecule has 1 N–H and O–H groups in total. The minimum Gasteiger partial charge on any atom is -0.490 e. The Morgan fingerprint density at radius 1 is 1.19 bits per heavy atom. The Labute approximate surface area is 208 Å². The molecular formula is C22H20ClIN2O5S. The monoisotopic (exact) mass is 586 g/mol. The van der Waals surface area contributed by atoms with Crippen LogP contribution in [0.2, 0.25) is 5.02 Å². The summed E-state index contributed by atoms with van der Waals surface area (Å²) in [5.41, 5.74) is 1.17. The third kappa shape index (κ3) is 5.96. The summed E-state index contributed by atoms with van der Waals surface area (Å²) in [6.45, 7) is 4.32. The summed E-state index contributed by atoms with van der Waals surface area (Å²) in [4.78, 5) is 38.6. The second-order valence-corrected chi connectivity index (χ2v) is 9.11. The second kappa shape index (κ2) is 11.1. The number of hydrogen-bond donors (Lipinski definition) is 1. The van der Waals surface area contributed by atoms with Crippen LogP contribution in [0.5, 0.6) is 11.5 Å². The second-order valence-electron chi connectivity index (χ2n) is 6.52. The molecule has 1 saturated heterocycles. The number of benzene rings is 2. The normalized spacial score (nSPS) is 14.8. The molecule has 0 bridgehead atoms. The van der Waals surface area contributed by atoms with E-state index in [0.29, 0.717) is 41.0 Å². The third-order valence-corrected chi connectivity index (χ3v) is 6.15. The van der Waals surface area contributed by atoms with Crippen LogP contribution in [-0.2, 0) is 9.59 Å². The van der Waals surface area contributed by atoms with Crippen LogP contribution in [0, 0.1) is 3.57 Å². The van der Waals surface area contributed by atoms with Crippen molar-refractivity contribution < 1.29 is 23.9 Å². The van der Waals surface area contributed by atoms with Gasteiger partial charge >= 0.3 is 0 Å². The molecule has 0 unspecified atom stereocenters. The lowest BCUT2D eigenvalue weighted by Gasteiger charge is -2.14. The van der Waals surface area contributed by atoms with Crippen LogP contribution in [0.1, 0.15) is 19.4 Å². The van der Waals surface area contributed by atoms with Crippen LogP contribution in [-0.4, -0.2) is 41.7 Å². The zero-order chi connectivity index (χ0) is 23.3. The van der Waals surface area contributed by atoms with Gasteiger partial charge in [-0.3, -0.25) is 19.3 Å². The standard InChI is InChI=1S/C22H20ClIN2O5S/c1-3-30-17-9-13(8-16(24)20(17)31-4-2)10-18-21(28)26(22(29)32-18)12-19(27)25-15-7-5-6-14(23)11-15/h5-11H,3-4,12H2,1-2H3,(H,25,27)/b18-10+. The molecule has 2 aromatic carbocycles. The van der Waals surface area contributed by atoms with Crippen molar-refractivity contribution in [1.29, 1.82) is 0 Å². The zero-order valence-corrected chi connectivity index (χ0v) is 21.0. The number of rotatable bonds is 8. The molecule has 3 amide bonds. The van der Waals surface area contributed by atoms with E-state index in [-0.39, 0.29) is 11.4 Å². The van der Waals surface area contributed by atoms with Crippen molar-refractivity contribution in [2.75, 3.05) is 25.1 Å². The molecule has 0 saturated carbocycles. The van der Waals surface area contributed by atoms with Crippen LogP contribution in [0.3, 0.4) is 0 Å². The van der Waals surface area contributed by atoms with Crippen molar-refractivity contribution in [2.24, 2.45) is 0 Å². The molecule has 32 heavy (non-hydrogen) atoms. The smallest absolute Gasteiger partial charge is 0.294 e. The van der Waals surface area contributed by atoms with Crippen LogP contribution in [0.15, 0.2) is 41.3 Å².